The van der Waals surface area contributed by atoms with E-state index in [4.69, 9.17) is 0 Å². The molecule has 1 aliphatic rings. The van der Waals surface area contributed by atoms with E-state index in [-0.39, 0.29) is 11.8 Å². The summed E-state index contributed by atoms with van der Waals surface area (Å²) in [5.41, 5.74) is 3.08. The third-order valence-corrected chi connectivity index (χ3v) is 5.61. The minimum absolute atomic E-state index is 0.00636. The van der Waals surface area contributed by atoms with E-state index in [9.17, 15) is 9.59 Å². The van der Waals surface area contributed by atoms with Gasteiger partial charge in [0.15, 0.2) is 0 Å². The molecule has 0 spiro atoms. The minimum atomic E-state index is 0.00636. The van der Waals surface area contributed by atoms with Crippen LogP contribution in [0.25, 0.3) is 0 Å². The summed E-state index contributed by atoms with van der Waals surface area (Å²) in [5, 5.41) is 3.05. The van der Waals surface area contributed by atoms with Gasteiger partial charge in [0.05, 0.1) is 6.54 Å². The molecule has 162 valence electrons. The Labute approximate surface area is 176 Å². The number of hydrogen-bond acceptors (Lipinski definition) is 3. The molecule has 1 saturated carbocycles. The van der Waals surface area contributed by atoms with Crippen LogP contribution in [0.1, 0.15) is 69.9 Å². The van der Waals surface area contributed by atoms with Gasteiger partial charge in [-0.3, -0.25) is 14.5 Å². The number of anilines is 1. The topological polar surface area (TPSA) is 52.7 Å². The van der Waals surface area contributed by atoms with Gasteiger partial charge in [0, 0.05) is 37.8 Å². The lowest BCUT2D eigenvalue weighted by Crippen LogP contribution is -2.39. The lowest BCUT2D eigenvalue weighted by molar-refractivity contribution is -0.132. The normalized spacial score (nSPS) is 13.6. The highest BCUT2D eigenvalue weighted by atomic mass is 16.2. The van der Waals surface area contributed by atoms with Gasteiger partial charge in [-0.15, -0.1) is 0 Å². The van der Waals surface area contributed by atoms with E-state index in [0.29, 0.717) is 25.6 Å². The summed E-state index contributed by atoms with van der Waals surface area (Å²) in [4.78, 5) is 29.6. The molecule has 1 N–H and O–H groups in total. The van der Waals surface area contributed by atoms with Gasteiger partial charge in [-0.25, -0.2) is 0 Å². The standard InChI is InChI=1S/C24H39N3O2/c1-5-7-14-26(15-8-6-2)24(29)13-16-27(21-11-12-21)18-23(28)25-22-17-19(3)9-10-20(22)4/h9-10,17,21H,5-8,11-16,18H2,1-4H3,(H,25,28). The summed E-state index contributed by atoms with van der Waals surface area (Å²) in [5.74, 6) is 0.236. The molecule has 1 aliphatic carbocycles. The zero-order valence-electron chi connectivity index (χ0n) is 18.8. The SMILES string of the molecule is CCCCN(CCCC)C(=O)CCN(CC(=O)Nc1cc(C)ccc1C)C1CC1. The Morgan fingerprint density at radius 3 is 2.28 bits per heavy atom. The van der Waals surface area contributed by atoms with Gasteiger partial charge in [-0.05, 0) is 56.7 Å². The number of rotatable bonds is 13. The molecule has 0 aromatic heterocycles. The number of unbranched alkanes of at least 4 members (excludes halogenated alkanes) is 2. The first kappa shape index (κ1) is 23.4. The van der Waals surface area contributed by atoms with Crippen molar-refractivity contribution in [3.8, 4) is 0 Å². The number of amides is 2. The molecule has 1 aromatic rings. The number of carbonyl (C=O) groups is 2. The second-order valence-electron chi connectivity index (χ2n) is 8.41. The van der Waals surface area contributed by atoms with Crippen LogP contribution in [-0.2, 0) is 9.59 Å². The summed E-state index contributed by atoms with van der Waals surface area (Å²) < 4.78 is 0. The summed E-state index contributed by atoms with van der Waals surface area (Å²) in [6, 6.07) is 6.55. The van der Waals surface area contributed by atoms with E-state index in [0.717, 1.165) is 68.4 Å². The van der Waals surface area contributed by atoms with Crippen molar-refractivity contribution in [2.75, 3.05) is 31.5 Å². The van der Waals surface area contributed by atoms with Crippen LogP contribution < -0.4 is 5.32 Å². The third-order valence-electron chi connectivity index (χ3n) is 5.61. The molecule has 0 aliphatic heterocycles. The van der Waals surface area contributed by atoms with Crippen LogP contribution in [-0.4, -0.2) is 53.8 Å². The number of carbonyl (C=O) groups excluding carboxylic acids is 2. The van der Waals surface area contributed by atoms with Crippen LogP contribution in [0.15, 0.2) is 18.2 Å². The summed E-state index contributed by atoms with van der Waals surface area (Å²) >= 11 is 0. The second kappa shape index (κ2) is 12.0. The van der Waals surface area contributed by atoms with Crippen LogP contribution in [0.4, 0.5) is 5.69 Å². The highest BCUT2D eigenvalue weighted by Gasteiger charge is 2.30. The Hall–Kier alpha value is -1.88. The average molecular weight is 402 g/mol. The van der Waals surface area contributed by atoms with Gasteiger partial charge in [-0.2, -0.15) is 0 Å². The van der Waals surface area contributed by atoms with E-state index in [2.05, 4.69) is 30.1 Å². The maximum atomic E-state index is 12.8. The fourth-order valence-corrected chi connectivity index (χ4v) is 3.53. The highest BCUT2D eigenvalue weighted by molar-refractivity contribution is 5.93. The van der Waals surface area contributed by atoms with Crippen molar-refractivity contribution >= 4 is 17.5 Å². The van der Waals surface area contributed by atoms with Crippen LogP contribution in [0.3, 0.4) is 0 Å². The van der Waals surface area contributed by atoms with Crippen molar-refractivity contribution < 1.29 is 9.59 Å². The van der Waals surface area contributed by atoms with Gasteiger partial charge in [0.25, 0.3) is 0 Å². The summed E-state index contributed by atoms with van der Waals surface area (Å²) in [6.07, 6.45) is 7.06. The lowest BCUT2D eigenvalue weighted by Gasteiger charge is -2.25. The molecule has 0 atom stereocenters. The van der Waals surface area contributed by atoms with Crippen molar-refractivity contribution in [3.05, 3.63) is 29.3 Å². The molecule has 2 rings (SSSR count). The van der Waals surface area contributed by atoms with Crippen molar-refractivity contribution in [2.24, 2.45) is 0 Å². The second-order valence-corrected chi connectivity index (χ2v) is 8.41. The number of nitrogens with zero attached hydrogens (tertiary/aromatic N) is 2. The first-order chi connectivity index (χ1) is 13.9. The molecule has 5 nitrogen and oxygen atoms in total. The molecule has 29 heavy (non-hydrogen) atoms. The number of hydrogen-bond donors (Lipinski definition) is 1. The lowest BCUT2D eigenvalue weighted by atomic mass is 10.1. The van der Waals surface area contributed by atoms with E-state index >= 15 is 0 Å². The van der Waals surface area contributed by atoms with Gasteiger partial charge in [0.1, 0.15) is 0 Å². The van der Waals surface area contributed by atoms with Crippen molar-refractivity contribution in [1.29, 1.82) is 0 Å². The molecule has 0 saturated heterocycles. The van der Waals surface area contributed by atoms with Crippen LogP contribution in [0.5, 0.6) is 0 Å². The van der Waals surface area contributed by atoms with E-state index in [1.165, 1.54) is 0 Å². The highest BCUT2D eigenvalue weighted by Crippen LogP contribution is 2.27. The van der Waals surface area contributed by atoms with Crippen molar-refractivity contribution in [3.63, 3.8) is 0 Å². The minimum Gasteiger partial charge on any atom is -0.343 e. The Balaban J connectivity index is 1.88. The largest absolute Gasteiger partial charge is 0.343 e. The molecule has 0 unspecified atom stereocenters. The fraction of sp³-hybridized carbons (Fsp3) is 0.667. The molecule has 1 fully saturated rings. The summed E-state index contributed by atoms with van der Waals surface area (Å²) in [6.45, 7) is 11.1. The quantitative estimate of drug-likeness (QED) is 0.528. The molecule has 2 amide bonds. The van der Waals surface area contributed by atoms with Crippen LogP contribution >= 0.6 is 0 Å². The van der Waals surface area contributed by atoms with E-state index in [1.807, 2.05) is 30.9 Å². The average Bonchev–Trinajstić information content (AvgIpc) is 3.53. The van der Waals surface area contributed by atoms with E-state index < -0.39 is 0 Å². The Morgan fingerprint density at radius 2 is 1.69 bits per heavy atom. The molecule has 1 aromatic carbocycles. The molecular weight excluding hydrogens is 362 g/mol. The number of aryl methyl sites for hydroxylation is 2. The fourth-order valence-electron chi connectivity index (χ4n) is 3.53. The molecule has 0 heterocycles. The maximum Gasteiger partial charge on any atom is 0.238 e. The summed E-state index contributed by atoms with van der Waals surface area (Å²) in [7, 11) is 0. The van der Waals surface area contributed by atoms with Gasteiger partial charge >= 0.3 is 0 Å². The van der Waals surface area contributed by atoms with Gasteiger partial charge < -0.3 is 10.2 Å². The monoisotopic (exact) mass is 401 g/mol. The van der Waals surface area contributed by atoms with Crippen LogP contribution in [0, 0.1) is 13.8 Å². The van der Waals surface area contributed by atoms with Gasteiger partial charge in [-0.1, -0.05) is 38.8 Å². The first-order valence-electron chi connectivity index (χ1n) is 11.3. The van der Waals surface area contributed by atoms with Gasteiger partial charge in [0.2, 0.25) is 11.8 Å². The van der Waals surface area contributed by atoms with Crippen LogP contribution in [0.2, 0.25) is 0 Å². The Morgan fingerprint density at radius 1 is 1.03 bits per heavy atom. The third kappa shape index (κ3) is 8.17. The van der Waals surface area contributed by atoms with Crippen molar-refractivity contribution in [2.45, 2.75) is 78.7 Å². The first-order valence-corrected chi connectivity index (χ1v) is 11.3. The zero-order valence-corrected chi connectivity index (χ0v) is 18.8. The smallest absolute Gasteiger partial charge is 0.238 e. The Bertz CT molecular complexity index is 662. The van der Waals surface area contributed by atoms with Crippen molar-refractivity contribution in [1.82, 2.24) is 9.80 Å². The Kier molecular flexibility index (Phi) is 9.65. The number of benzene rings is 1. The molecule has 0 bridgehead atoms. The molecular formula is C24H39N3O2. The predicted molar refractivity (Wildman–Crippen MR) is 120 cm³/mol. The zero-order chi connectivity index (χ0) is 21.2. The van der Waals surface area contributed by atoms with E-state index in [1.54, 1.807) is 0 Å². The predicted octanol–water partition coefficient (Wildman–Crippen LogP) is 4.53. The molecule has 5 heteroatoms. The maximum absolute atomic E-state index is 12.8. The molecule has 0 radical (unpaired) electrons. The number of nitrogens with one attached hydrogen (secondary N) is 1.